The number of piperazine rings is 1. The van der Waals surface area contributed by atoms with Crippen LogP contribution < -0.4 is 20.3 Å². The molecule has 1 amide bonds. The van der Waals surface area contributed by atoms with Crippen molar-refractivity contribution in [2.45, 2.75) is 19.0 Å². The Balaban J connectivity index is 1.54. The van der Waals surface area contributed by atoms with Gasteiger partial charge >= 0.3 is 0 Å². The maximum atomic E-state index is 14.3. The average molecular weight is 672 g/mol. The number of hydrogen-bond donors (Lipinski definition) is 1. The molecule has 0 saturated carbocycles. The van der Waals surface area contributed by atoms with E-state index in [1.165, 1.54) is 26.4 Å². The molecule has 2 saturated heterocycles. The summed E-state index contributed by atoms with van der Waals surface area (Å²) in [6.07, 6.45) is 4.55. The Morgan fingerprint density at radius 1 is 1.04 bits per heavy atom. The van der Waals surface area contributed by atoms with Crippen LogP contribution in [0.3, 0.4) is 0 Å². The van der Waals surface area contributed by atoms with E-state index >= 15 is 0 Å². The van der Waals surface area contributed by atoms with Crippen molar-refractivity contribution < 1.29 is 23.8 Å². The first-order chi connectivity index (χ1) is 22.2. The van der Waals surface area contributed by atoms with Crippen molar-refractivity contribution in [1.82, 2.24) is 24.3 Å². The number of fused-ring (bicyclic) bond motifs is 1. The third kappa shape index (κ3) is 6.90. The number of nitrogens with one attached hydrogen (secondary N) is 1. The summed E-state index contributed by atoms with van der Waals surface area (Å²) < 4.78 is 18.1. The smallest absolute Gasteiger partial charge is 0.260 e. The number of allylic oxidation sites excluding steroid dienone is 1. The van der Waals surface area contributed by atoms with E-state index in [9.17, 15) is 14.4 Å². The van der Waals surface area contributed by atoms with Gasteiger partial charge in [-0.15, -0.1) is 0 Å². The number of methoxy groups -OCH3 is 2. The summed E-state index contributed by atoms with van der Waals surface area (Å²) in [6.45, 7) is 11.2. The molecule has 5 rings (SSSR count). The number of rotatable bonds is 12. The molecule has 2 atom stereocenters. The molecular weight excluding hydrogens is 635 g/mol. The third-order valence-electron chi connectivity index (χ3n) is 8.37. The second-order valence-electron chi connectivity index (χ2n) is 11.1. The summed E-state index contributed by atoms with van der Waals surface area (Å²) >= 11 is 13.5. The first-order valence-corrected chi connectivity index (χ1v) is 15.6. The molecule has 1 aromatic carbocycles. The van der Waals surface area contributed by atoms with E-state index in [-0.39, 0.29) is 56.9 Å². The predicted octanol–water partition coefficient (Wildman–Crippen LogP) is 3.68. The number of pyridine rings is 1. The van der Waals surface area contributed by atoms with Crippen molar-refractivity contribution in [2.24, 2.45) is 5.92 Å². The molecule has 2 aliphatic rings. The summed E-state index contributed by atoms with van der Waals surface area (Å²) in [5, 5.41) is 4.21. The van der Waals surface area contributed by atoms with Gasteiger partial charge in [0, 0.05) is 74.8 Å². The molecule has 2 aliphatic heterocycles. The Morgan fingerprint density at radius 2 is 1.74 bits per heavy atom. The highest BCUT2D eigenvalue weighted by Gasteiger charge is 2.31. The molecule has 0 radical (unpaired) electrons. The van der Waals surface area contributed by atoms with Crippen molar-refractivity contribution in [3.05, 3.63) is 64.0 Å². The van der Waals surface area contributed by atoms with Gasteiger partial charge in [-0.3, -0.25) is 23.9 Å². The highest BCUT2D eigenvalue weighted by atomic mass is 35.5. The number of ether oxygens (including phenoxy) is 3. The van der Waals surface area contributed by atoms with Crippen LogP contribution in [0.2, 0.25) is 10.0 Å². The Hall–Kier alpha value is -3.97. The van der Waals surface area contributed by atoms with Crippen LogP contribution in [-0.4, -0.2) is 102 Å². The van der Waals surface area contributed by atoms with Crippen LogP contribution >= 0.6 is 23.2 Å². The molecule has 244 valence electrons. The molecule has 0 aliphatic carbocycles. The molecule has 2 aromatic heterocycles. The highest BCUT2D eigenvalue weighted by Crippen LogP contribution is 2.45. The summed E-state index contributed by atoms with van der Waals surface area (Å²) in [6, 6.07) is 3.03. The second kappa shape index (κ2) is 14.6. The average Bonchev–Trinajstić information content (AvgIpc) is 3.50. The first-order valence-electron chi connectivity index (χ1n) is 14.8. The van der Waals surface area contributed by atoms with E-state index in [0.717, 1.165) is 0 Å². The molecule has 4 heterocycles. The Bertz CT molecular complexity index is 1690. The zero-order valence-corrected chi connectivity index (χ0v) is 27.3. The third-order valence-corrected chi connectivity index (χ3v) is 9.12. The Morgan fingerprint density at radius 3 is 2.37 bits per heavy atom. The number of amides is 1. The summed E-state index contributed by atoms with van der Waals surface area (Å²) in [7, 11) is 2.93. The van der Waals surface area contributed by atoms with Gasteiger partial charge in [0.1, 0.15) is 17.1 Å². The number of anilines is 1. The quantitative estimate of drug-likeness (QED) is 0.285. The Labute approximate surface area is 276 Å². The lowest BCUT2D eigenvalue weighted by atomic mass is 9.97. The molecule has 46 heavy (non-hydrogen) atoms. The van der Waals surface area contributed by atoms with Crippen LogP contribution in [0.15, 0.2) is 48.4 Å². The fourth-order valence-corrected chi connectivity index (χ4v) is 6.47. The summed E-state index contributed by atoms with van der Waals surface area (Å²) in [5.41, 5.74) is 0.552. The number of halogens is 2. The van der Waals surface area contributed by atoms with Crippen molar-refractivity contribution in [3.8, 4) is 22.6 Å². The lowest BCUT2D eigenvalue weighted by molar-refractivity contribution is -0.127. The molecule has 3 aromatic rings. The number of nitrogens with zero attached hydrogens (tertiary/aromatic N) is 5. The van der Waals surface area contributed by atoms with Gasteiger partial charge in [0.25, 0.3) is 5.56 Å². The molecule has 14 heteroatoms. The fourth-order valence-electron chi connectivity index (χ4n) is 5.77. The fraction of sp³-hybridized carbons (Fsp3) is 0.406. The lowest BCUT2D eigenvalue weighted by Crippen LogP contribution is -2.49. The van der Waals surface area contributed by atoms with Gasteiger partial charge in [0.15, 0.2) is 5.78 Å². The van der Waals surface area contributed by atoms with Gasteiger partial charge in [0.2, 0.25) is 11.9 Å². The van der Waals surface area contributed by atoms with Crippen molar-refractivity contribution in [1.29, 1.82) is 0 Å². The normalized spacial score (nSPS) is 18.4. The molecule has 1 N–H and O–H groups in total. The second-order valence-corrected chi connectivity index (χ2v) is 11.8. The summed E-state index contributed by atoms with van der Waals surface area (Å²) in [5.74, 6) is 0.663. The molecule has 2 unspecified atom stereocenters. The topological polar surface area (TPSA) is 128 Å². The van der Waals surface area contributed by atoms with Crippen molar-refractivity contribution >= 4 is 51.9 Å². The SMILES string of the molecule is C=CC(=O)CC1COCC1Nc1ncc2cc(-c3c(Cl)c(OC)cc(OC)c3Cl)c(=O)n(CCN3CCN(C(=O)C=C)CC3)c2n1. The van der Waals surface area contributed by atoms with Gasteiger partial charge in [-0.2, -0.15) is 4.98 Å². The van der Waals surface area contributed by atoms with E-state index in [4.69, 9.17) is 42.4 Å². The highest BCUT2D eigenvalue weighted by molar-refractivity contribution is 6.41. The summed E-state index contributed by atoms with van der Waals surface area (Å²) in [4.78, 5) is 51.7. The van der Waals surface area contributed by atoms with Crippen molar-refractivity contribution in [3.63, 3.8) is 0 Å². The molecule has 12 nitrogen and oxygen atoms in total. The molecule has 0 bridgehead atoms. The lowest BCUT2D eigenvalue weighted by Gasteiger charge is -2.34. The van der Waals surface area contributed by atoms with Crippen LogP contribution in [0.1, 0.15) is 6.42 Å². The van der Waals surface area contributed by atoms with Gasteiger partial charge < -0.3 is 24.4 Å². The minimum atomic E-state index is -0.365. The standard InChI is InChI=1S/C32H36Cl2N6O6/c1-5-21(41)13-20-17-46-18-23(20)36-32-35-16-19-14-22(27-28(33)24(44-3)15-25(45-4)29(27)34)31(43)40(30(19)37-32)12-9-38-7-10-39(11-8-38)26(42)6-2/h5-6,14-16,20,23H,1-2,7-13,17-18H2,3-4H3,(H,35,36,37). The van der Waals surface area contributed by atoms with E-state index < -0.39 is 0 Å². The molecule has 2 fully saturated rings. The van der Waals surface area contributed by atoms with Gasteiger partial charge in [-0.05, 0) is 18.2 Å². The maximum absolute atomic E-state index is 14.3. The zero-order chi connectivity index (χ0) is 33.0. The minimum absolute atomic E-state index is 0.0655. The van der Waals surface area contributed by atoms with Crippen LogP contribution in [0.4, 0.5) is 5.95 Å². The largest absolute Gasteiger partial charge is 0.495 e. The number of carbonyl (C=O) groups excluding carboxylic acids is 2. The van der Waals surface area contributed by atoms with Crippen molar-refractivity contribution in [2.75, 3.05) is 65.5 Å². The predicted molar refractivity (Wildman–Crippen MR) is 177 cm³/mol. The maximum Gasteiger partial charge on any atom is 0.260 e. The van der Waals surface area contributed by atoms with Crippen LogP contribution in [0, 0.1) is 5.92 Å². The Kier molecular flexibility index (Phi) is 10.6. The zero-order valence-electron chi connectivity index (χ0n) is 25.8. The number of ketones is 1. The van der Waals surface area contributed by atoms with E-state index in [2.05, 4.69) is 28.4 Å². The minimum Gasteiger partial charge on any atom is -0.495 e. The molecule has 0 spiro atoms. The van der Waals surface area contributed by atoms with Crippen LogP contribution in [0.5, 0.6) is 11.5 Å². The van der Waals surface area contributed by atoms with Gasteiger partial charge in [0.05, 0.1) is 49.1 Å². The number of aromatic nitrogens is 3. The number of benzene rings is 1. The van der Waals surface area contributed by atoms with Gasteiger partial charge in [-0.1, -0.05) is 36.4 Å². The number of hydrogen-bond acceptors (Lipinski definition) is 10. The first kappa shape index (κ1) is 33.4. The van der Waals surface area contributed by atoms with Crippen LogP contribution in [0.25, 0.3) is 22.2 Å². The monoisotopic (exact) mass is 670 g/mol. The number of carbonyl (C=O) groups is 2. The van der Waals surface area contributed by atoms with E-state index in [1.807, 2.05) is 0 Å². The molecular formula is C32H36Cl2N6O6. The van der Waals surface area contributed by atoms with E-state index in [1.54, 1.807) is 27.8 Å². The van der Waals surface area contributed by atoms with E-state index in [0.29, 0.717) is 80.8 Å². The van der Waals surface area contributed by atoms with Gasteiger partial charge in [-0.25, -0.2) is 4.98 Å². The van der Waals surface area contributed by atoms with Crippen LogP contribution in [-0.2, 0) is 20.9 Å².